The molecule has 0 spiro atoms. The van der Waals surface area contributed by atoms with Crippen LogP contribution in [0.1, 0.15) is 25.7 Å². The van der Waals surface area contributed by atoms with Crippen LogP contribution in [0.25, 0.3) is 0 Å². The van der Waals surface area contributed by atoms with Crippen LogP contribution in [0.5, 0.6) is 0 Å². The number of aliphatic hydroxyl groups excluding tert-OH is 1. The Bertz CT molecular complexity index is 479. The van der Waals surface area contributed by atoms with Gasteiger partial charge in [-0.25, -0.2) is 0 Å². The summed E-state index contributed by atoms with van der Waals surface area (Å²) in [4.78, 5) is 13.2. The van der Waals surface area contributed by atoms with Gasteiger partial charge in [-0.15, -0.1) is 0 Å². The van der Waals surface area contributed by atoms with Gasteiger partial charge in [0.05, 0.1) is 4.92 Å². The van der Waals surface area contributed by atoms with Crippen molar-refractivity contribution in [3.8, 4) is 0 Å². The second-order valence-electron chi connectivity index (χ2n) is 5.04. The van der Waals surface area contributed by atoms with Crippen LogP contribution in [-0.2, 0) is 0 Å². The molecule has 1 atom stereocenters. The maximum absolute atomic E-state index is 11.4. The predicted octanol–water partition coefficient (Wildman–Crippen LogP) is 2.38. The van der Waals surface area contributed by atoms with Gasteiger partial charge < -0.3 is 15.3 Å². The van der Waals surface area contributed by atoms with Crippen molar-refractivity contribution in [3.05, 3.63) is 28.3 Å². The number of nitro benzene ring substituents is 1. The standard InChI is InChI=1S/C14H21N3O3/c1-15-12-7-2-8-13(14(12)17(19)20)16-9-3-5-11(16)6-4-10-18/h2,7-8,11,15,18H,3-6,9-10H2,1H3. The van der Waals surface area contributed by atoms with Crippen LogP contribution in [0.4, 0.5) is 17.1 Å². The fourth-order valence-corrected chi connectivity index (χ4v) is 2.94. The molecule has 2 rings (SSSR count). The molecule has 1 aromatic carbocycles. The minimum atomic E-state index is -0.317. The molecule has 1 unspecified atom stereocenters. The Kier molecular flexibility index (Phi) is 4.79. The van der Waals surface area contributed by atoms with E-state index in [1.807, 2.05) is 12.1 Å². The Morgan fingerprint density at radius 3 is 3.00 bits per heavy atom. The molecule has 1 aliphatic heterocycles. The van der Waals surface area contributed by atoms with Gasteiger partial charge in [0.1, 0.15) is 11.4 Å². The van der Waals surface area contributed by atoms with Gasteiger partial charge in [-0.1, -0.05) is 6.07 Å². The number of para-hydroxylation sites is 1. The van der Waals surface area contributed by atoms with E-state index >= 15 is 0 Å². The lowest BCUT2D eigenvalue weighted by Crippen LogP contribution is -2.30. The summed E-state index contributed by atoms with van der Waals surface area (Å²) in [5, 5.41) is 23.2. The molecular formula is C14H21N3O3. The smallest absolute Gasteiger partial charge is 0.315 e. The summed E-state index contributed by atoms with van der Waals surface area (Å²) in [6, 6.07) is 5.67. The lowest BCUT2D eigenvalue weighted by atomic mass is 10.1. The monoisotopic (exact) mass is 279 g/mol. The second-order valence-corrected chi connectivity index (χ2v) is 5.04. The first kappa shape index (κ1) is 14.6. The normalized spacial score (nSPS) is 18.3. The number of hydrogen-bond acceptors (Lipinski definition) is 5. The summed E-state index contributed by atoms with van der Waals surface area (Å²) >= 11 is 0. The first-order valence-corrected chi connectivity index (χ1v) is 7.01. The number of nitro groups is 1. The van der Waals surface area contributed by atoms with Crippen molar-refractivity contribution < 1.29 is 10.0 Å². The summed E-state index contributed by atoms with van der Waals surface area (Å²) < 4.78 is 0. The Labute approximate surface area is 118 Å². The zero-order valence-corrected chi connectivity index (χ0v) is 11.7. The molecule has 110 valence electrons. The van der Waals surface area contributed by atoms with Crippen LogP contribution in [-0.4, -0.2) is 36.3 Å². The topological polar surface area (TPSA) is 78.6 Å². The fraction of sp³-hybridized carbons (Fsp3) is 0.571. The van der Waals surface area contributed by atoms with Crippen LogP contribution in [0, 0.1) is 10.1 Å². The van der Waals surface area contributed by atoms with E-state index < -0.39 is 0 Å². The molecule has 1 aliphatic rings. The number of aliphatic hydroxyl groups is 1. The highest BCUT2D eigenvalue weighted by atomic mass is 16.6. The van der Waals surface area contributed by atoms with E-state index in [-0.39, 0.29) is 23.3 Å². The maximum Gasteiger partial charge on any atom is 0.315 e. The summed E-state index contributed by atoms with van der Waals surface area (Å²) in [6.07, 6.45) is 3.68. The van der Waals surface area contributed by atoms with Gasteiger partial charge in [0.25, 0.3) is 0 Å². The van der Waals surface area contributed by atoms with Gasteiger partial charge in [-0.2, -0.15) is 0 Å². The van der Waals surface area contributed by atoms with Gasteiger partial charge >= 0.3 is 5.69 Å². The first-order valence-electron chi connectivity index (χ1n) is 7.01. The van der Waals surface area contributed by atoms with Crippen molar-refractivity contribution in [3.63, 3.8) is 0 Å². The number of hydrogen-bond donors (Lipinski definition) is 2. The number of nitrogens with zero attached hydrogens (tertiary/aromatic N) is 2. The van der Waals surface area contributed by atoms with E-state index in [0.717, 1.165) is 32.2 Å². The molecule has 20 heavy (non-hydrogen) atoms. The molecule has 1 saturated heterocycles. The minimum absolute atomic E-state index is 0.144. The van der Waals surface area contributed by atoms with Gasteiger partial charge in [-0.05, 0) is 37.8 Å². The molecule has 0 aliphatic carbocycles. The van der Waals surface area contributed by atoms with E-state index in [2.05, 4.69) is 10.2 Å². The van der Waals surface area contributed by atoms with Crippen molar-refractivity contribution in [2.45, 2.75) is 31.7 Å². The number of anilines is 2. The average molecular weight is 279 g/mol. The number of nitrogens with one attached hydrogen (secondary N) is 1. The third kappa shape index (κ3) is 2.85. The summed E-state index contributed by atoms with van der Waals surface area (Å²) in [5.41, 5.74) is 1.37. The van der Waals surface area contributed by atoms with Crippen molar-refractivity contribution >= 4 is 17.1 Å². The van der Waals surface area contributed by atoms with Gasteiger partial charge in [0, 0.05) is 26.2 Å². The minimum Gasteiger partial charge on any atom is -0.396 e. The van der Waals surface area contributed by atoms with Crippen LogP contribution in [0.3, 0.4) is 0 Å². The largest absolute Gasteiger partial charge is 0.396 e. The van der Waals surface area contributed by atoms with Gasteiger partial charge in [0.2, 0.25) is 0 Å². The van der Waals surface area contributed by atoms with E-state index in [0.29, 0.717) is 11.4 Å². The SMILES string of the molecule is CNc1cccc(N2CCCC2CCCO)c1[N+](=O)[O-]. The first-order chi connectivity index (χ1) is 9.69. The number of benzene rings is 1. The lowest BCUT2D eigenvalue weighted by Gasteiger charge is -2.27. The Morgan fingerprint density at radius 1 is 1.55 bits per heavy atom. The highest BCUT2D eigenvalue weighted by Crippen LogP contribution is 2.39. The van der Waals surface area contributed by atoms with Crippen molar-refractivity contribution in [1.29, 1.82) is 0 Å². The molecule has 0 saturated carbocycles. The quantitative estimate of drug-likeness (QED) is 0.617. The van der Waals surface area contributed by atoms with E-state index in [9.17, 15) is 10.1 Å². The van der Waals surface area contributed by atoms with Crippen LogP contribution in [0.2, 0.25) is 0 Å². The van der Waals surface area contributed by atoms with Crippen LogP contribution >= 0.6 is 0 Å². The molecule has 0 bridgehead atoms. The van der Waals surface area contributed by atoms with Crippen molar-refractivity contribution in [2.24, 2.45) is 0 Å². The van der Waals surface area contributed by atoms with E-state index in [4.69, 9.17) is 5.11 Å². The van der Waals surface area contributed by atoms with Crippen LogP contribution in [0.15, 0.2) is 18.2 Å². The molecule has 1 fully saturated rings. The summed E-state index contributed by atoms with van der Waals surface area (Å²) in [5.74, 6) is 0. The van der Waals surface area contributed by atoms with E-state index in [1.54, 1.807) is 13.1 Å². The average Bonchev–Trinajstić information content (AvgIpc) is 2.92. The van der Waals surface area contributed by atoms with Gasteiger partial charge in [0.15, 0.2) is 0 Å². The maximum atomic E-state index is 11.4. The Morgan fingerprint density at radius 2 is 2.35 bits per heavy atom. The lowest BCUT2D eigenvalue weighted by molar-refractivity contribution is -0.383. The molecule has 6 heteroatoms. The highest BCUT2D eigenvalue weighted by molar-refractivity contribution is 5.77. The predicted molar refractivity (Wildman–Crippen MR) is 79.3 cm³/mol. The molecule has 2 N–H and O–H groups in total. The third-order valence-corrected chi connectivity index (χ3v) is 3.85. The zero-order valence-electron chi connectivity index (χ0n) is 11.7. The number of rotatable bonds is 6. The third-order valence-electron chi connectivity index (χ3n) is 3.85. The Balaban J connectivity index is 2.33. The molecule has 6 nitrogen and oxygen atoms in total. The van der Waals surface area contributed by atoms with E-state index in [1.165, 1.54) is 0 Å². The molecule has 1 aromatic rings. The van der Waals surface area contributed by atoms with Crippen molar-refractivity contribution in [1.82, 2.24) is 0 Å². The molecular weight excluding hydrogens is 258 g/mol. The Hall–Kier alpha value is -1.82. The zero-order chi connectivity index (χ0) is 14.5. The molecule has 1 heterocycles. The molecule has 0 radical (unpaired) electrons. The summed E-state index contributed by atoms with van der Waals surface area (Å²) in [7, 11) is 1.69. The second kappa shape index (κ2) is 6.56. The summed E-state index contributed by atoms with van der Waals surface area (Å²) in [6.45, 7) is 1.01. The van der Waals surface area contributed by atoms with Crippen molar-refractivity contribution in [2.75, 3.05) is 30.4 Å². The van der Waals surface area contributed by atoms with Crippen LogP contribution < -0.4 is 10.2 Å². The molecule has 0 aromatic heterocycles. The van der Waals surface area contributed by atoms with Gasteiger partial charge in [-0.3, -0.25) is 10.1 Å². The fourth-order valence-electron chi connectivity index (χ4n) is 2.94. The highest BCUT2D eigenvalue weighted by Gasteiger charge is 2.30. The molecule has 0 amide bonds.